The van der Waals surface area contributed by atoms with E-state index in [4.69, 9.17) is 0 Å². The zero-order chi connectivity index (χ0) is 12.6. The summed E-state index contributed by atoms with van der Waals surface area (Å²) in [6, 6.07) is 2.11. The summed E-state index contributed by atoms with van der Waals surface area (Å²) >= 11 is 0. The van der Waals surface area contributed by atoms with E-state index in [1.165, 1.54) is 0 Å². The maximum atomic E-state index is 4.51. The number of aromatic nitrogens is 2. The van der Waals surface area contributed by atoms with Crippen molar-refractivity contribution in [2.75, 3.05) is 12.4 Å². The molecule has 1 N–H and O–H groups in total. The first-order valence-corrected chi connectivity index (χ1v) is 5.72. The van der Waals surface area contributed by atoms with Gasteiger partial charge in [-0.05, 0) is 6.07 Å². The third-order valence-electron chi connectivity index (χ3n) is 2.49. The Labute approximate surface area is 98.7 Å². The number of anilines is 1. The van der Waals surface area contributed by atoms with Crippen LogP contribution in [0.1, 0.15) is 52.9 Å². The fourth-order valence-electron chi connectivity index (χ4n) is 1.33. The van der Waals surface area contributed by atoms with Crippen LogP contribution in [0.15, 0.2) is 6.07 Å². The average Bonchev–Trinajstić information content (AvgIpc) is 2.14. The van der Waals surface area contributed by atoms with Crippen molar-refractivity contribution in [2.24, 2.45) is 0 Å². The van der Waals surface area contributed by atoms with Crippen molar-refractivity contribution in [3.05, 3.63) is 17.5 Å². The Morgan fingerprint density at radius 2 is 1.25 bits per heavy atom. The maximum absolute atomic E-state index is 4.51. The van der Waals surface area contributed by atoms with Gasteiger partial charge < -0.3 is 5.32 Å². The number of hydrogen-bond donors (Lipinski definition) is 1. The van der Waals surface area contributed by atoms with Gasteiger partial charge in [0.05, 0.1) is 11.4 Å². The molecule has 0 spiro atoms. The molecule has 0 aliphatic carbocycles. The van der Waals surface area contributed by atoms with E-state index < -0.39 is 0 Å². The minimum atomic E-state index is 0.0501. The second kappa shape index (κ2) is 4.04. The predicted octanol–water partition coefficient (Wildman–Crippen LogP) is 3.11. The first kappa shape index (κ1) is 12.9. The van der Waals surface area contributed by atoms with Crippen molar-refractivity contribution < 1.29 is 0 Å². The van der Waals surface area contributed by atoms with Crippen LogP contribution in [0.4, 0.5) is 5.95 Å². The van der Waals surface area contributed by atoms with Gasteiger partial charge in [0.1, 0.15) is 0 Å². The lowest BCUT2D eigenvalue weighted by molar-refractivity contribution is 0.539. The molecule has 1 aromatic rings. The molecule has 0 aliphatic heterocycles. The lowest BCUT2D eigenvalue weighted by atomic mass is 9.87. The van der Waals surface area contributed by atoms with Gasteiger partial charge >= 0.3 is 0 Å². The highest BCUT2D eigenvalue weighted by atomic mass is 15.1. The second-order valence-corrected chi connectivity index (χ2v) is 6.21. The van der Waals surface area contributed by atoms with E-state index in [2.05, 4.69) is 62.9 Å². The van der Waals surface area contributed by atoms with Gasteiger partial charge in [0.15, 0.2) is 0 Å². The topological polar surface area (TPSA) is 37.8 Å². The van der Waals surface area contributed by atoms with E-state index in [-0.39, 0.29) is 10.8 Å². The molecule has 0 fully saturated rings. The molecule has 0 radical (unpaired) electrons. The van der Waals surface area contributed by atoms with Gasteiger partial charge in [-0.1, -0.05) is 41.5 Å². The van der Waals surface area contributed by atoms with Crippen molar-refractivity contribution in [3.63, 3.8) is 0 Å². The minimum Gasteiger partial charge on any atom is -0.357 e. The molecule has 1 heterocycles. The first-order chi connectivity index (χ1) is 7.14. The Hall–Kier alpha value is -1.12. The molecule has 0 aromatic carbocycles. The van der Waals surface area contributed by atoms with Crippen LogP contribution in [0.2, 0.25) is 0 Å². The van der Waals surface area contributed by atoms with Gasteiger partial charge in [0.2, 0.25) is 5.95 Å². The summed E-state index contributed by atoms with van der Waals surface area (Å²) in [6.45, 7) is 13.0. The van der Waals surface area contributed by atoms with E-state index in [1.54, 1.807) is 0 Å². The van der Waals surface area contributed by atoms with Crippen LogP contribution in [0.5, 0.6) is 0 Å². The number of hydrogen-bond acceptors (Lipinski definition) is 3. The fraction of sp³-hybridized carbons (Fsp3) is 0.692. The lowest BCUT2D eigenvalue weighted by Crippen LogP contribution is -2.20. The number of nitrogens with one attached hydrogen (secondary N) is 1. The Morgan fingerprint density at radius 3 is 1.50 bits per heavy atom. The predicted molar refractivity (Wildman–Crippen MR) is 69.0 cm³/mol. The smallest absolute Gasteiger partial charge is 0.222 e. The summed E-state index contributed by atoms with van der Waals surface area (Å²) < 4.78 is 0. The van der Waals surface area contributed by atoms with E-state index in [0.29, 0.717) is 5.95 Å². The lowest BCUT2D eigenvalue weighted by Gasteiger charge is -2.23. The zero-order valence-electron chi connectivity index (χ0n) is 11.5. The molecular weight excluding hydrogens is 198 g/mol. The van der Waals surface area contributed by atoms with Crippen molar-refractivity contribution in [3.8, 4) is 0 Å². The third-order valence-corrected chi connectivity index (χ3v) is 2.49. The van der Waals surface area contributed by atoms with Crippen molar-refractivity contribution in [2.45, 2.75) is 52.4 Å². The highest BCUT2D eigenvalue weighted by Gasteiger charge is 2.22. The number of rotatable bonds is 1. The average molecular weight is 221 g/mol. The van der Waals surface area contributed by atoms with Crippen LogP contribution in [0.25, 0.3) is 0 Å². The Balaban J connectivity index is 3.33. The molecule has 3 heteroatoms. The molecule has 16 heavy (non-hydrogen) atoms. The highest BCUT2D eigenvalue weighted by Crippen LogP contribution is 2.27. The van der Waals surface area contributed by atoms with Crippen LogP contribution in [0.3, 0.4) is 0 Å². The van der Waals surface area contributed by atoms with Crippen LogP contribution in [0, 0.1) is 0 Å². The summed E-state index contributed by atoms with van der Waals surface area (Å²) in [7, 11) is 1.86. The van der Waals surface area contributed by atoms with Crippen LogP contribution in [-0.2, 0) is 10.8 Å². The minimum absolute atomic E-state index is 0.0501. The Kier molecular flexibility index (Phi) is 3.27. The standard InChI is InChI=1S/C13H23N3/c1-12(2,3)9-8-10(13(4,5)6)16-11(14-7)15-9/h8H,1-7H3,(H,14,15,16). The first-order valence-electron chi connectivity index (χ1n) is 5.72. The Morgan fingerprint density at radius 1 is 0.875 bits per heavy atom. The monoisotopic (exact) mass is 221 g/mol. The van der Waals surface area contributed by atoms with Gasteiger partial charge in [-0.15, -0.1) is 0 Å². The summed E-state index contributed by atoms with van der Waals surface area (Å²) in [4.78, 5) is 9.03. The number of nitrogens with zero attached hydrogens (tertiary/aromatic N) is 2. The molecule has 0 aliphatic rings. The quantitative estimate of drug-likeness (QED) is 0.791. The van der Waals surface area contributed by atoms with E-state index in [1.807, 2.05) is 7.05 Å². The van der Waals surface area contributed by atoms with Gasteiger partial charge in [-0.3, -0.25) is 0 Å². The van der Waals surface area contributed by atoms with Gasteiger partial charge in [0, 0.05) is 17.9 Å². The molecule has 0 saturated heterocycles. The SMILES string of the molecule is CNc1nc(C(C)(C)C)cc(C(C)(C)C)n1. The van der Waals surface area contributed by atoms with Gasteiger partial charge in [-0.2, -0.15) is 0 Å². The molecule has 0 saturated carbocycles. The van der Waals surface area contributed by atoms with Crippen LogP contribution < -0.4 is 5.32 Å². The normalized spacial score (nSPS) is 12.7. The van der Waals surface area contributed by atoms with Crippen LogP contribution in [-0.4, -0.2) is 17.0 Å². The van der Waals surface area contributed by atoms with Gasteiger partial charge in [-0.25, -0.2) is 9.97 Å². The largest absolute Gasteiger partial charge is 0.357 e. The fourth-order valence-corrected chi connectivity index (χ4v) is 1.33. The maximum Gasteiger partial charge on any atom is 0.222 e. The Bertz CT molecular complexity index is 337. The van der Waals surface area contributed by atoms with E-state index >= 15 is 0 Å². The van der Waals surface area contributed by atoms with E-state index in [0.717, 1.165) is 11.4 Å². The van der Waals surface area contributed by atoms with Crippen LogP contribution >= 0.6 is 0 Å². The molecule has 3 nitrogen and oxygen atoms in total. The van der Waals surface area contributed by atoms with Crippen molar-refractivity contribution in [1.82, 2.24) is 9.97 Å². The third kappa shape index (κ3) is 2.94. The zero-order valence-corrected chi connectivity index (χ0v) is 11.5. The summed E-state index contributed by atoms with van der Waals surface area (Å²) in [6.07, 6.45) is 0. The molecule has 1 rings (SSSR count). The molecule has 90 valence electrons. The molecule has 0 unspecified atom stereocenters. The summed E-state index contributed by atoms with van der Waals surface area (Å²) in [5.74, 6) is 0.706. The van der Waals surface area contributed by atoms with Gasteiger partial charge in [0.25, 0.3) is 0 Å². The van der Waals surface area contributed by atoms with Crippen molar-refractivity contribution >= 4 is 5.95 Å². The second-order valence-electron chi connectivity index (χ2n) is 6.21. The molecule has 0 atom stereocenters. The molecule has 1 aromatic heterocycles. The highest BCUT2D eigenvalue weighted by molar-refractivity contribution is 5.32. The summed E-state index contributed by atoms with van der Waals surface area (Å²) in [5, 5.41) is 3.03. The molecular formula is C13H23N3. The molecule has 0 bridgehead atoms. The summed E-state index contributed by atoms with van der Waals surface area (Å²) in [5.41, 5.74) is 2.26. The van der Waals surface area contributed by atoms with Crippen molar-refractivity contribution in [1.29, 1.82) is 0 Å². The molecule has 0 amide bonds. The van der Waals surface area contributed by atoms with E-state index in [9.17, 15) is 0 Å².